The molecule has 0 radical (unpaired) electrons. The van der Waals surface area contributed by atoms with Gasteiger partial charge >= 0.3 is 0 Å². The van der Waals surface area contributed by atoms with Gasteiger partial charge in [0.1, 0.15) is 0 Å². The molecular weight excluding hydrogens is 376 g/mol. The van der Waals surface area contributed by atoms with Crippen molar-refractivity contribution < 1.29 is 19.7 Å². The van der Waals surface area contributed by atoms with Crippen molar-refractivity contribution in [2.75, 3.05) is 13.2 Å². The molecular formula is C26H26O4. The van der Waals surface area contributed by atoms with Crippen molar-refractivity contribution in [2.45, 2.75) is 13.8 Å². The van der Waals surface area contributed by atoms with E-state index in [2.05, 4.69) is 0 Å². The number of hydrogen-bond donors (Lipinski definition) is 2. The zero-order chi connectivity index (χ0) is 21.3. The van der Waals surface area contributed by atoms with Gasteiger partial charge in [-0.1, -0.05) is 60.7 Å². The van der Waals surface area contributed by atoms with Crippen molar-refractivity contribution in [1.82, 2.24) is 0 Å². The number of phenolic OH excluding ortho intramolecular Hbond substituents is 2. The summed E-state index contributed by atoms with van der Waals surface area (Å²) in [5, 5.41) is 19.6. The Labute approximate surface area is 177 Å². The maximum absolute atomic E-state index is 9.80. The number of phenols is 2. The second kappa shape index (κ2) is 10.2. The Morgan fingerprint density at radius 2 is 0.900 bits per heavy atom. The molecule has 0 aliphatic heterocycles. The summed E-state index contributed by atoms with van der Waals surface area (Å²) in [6.45, 7) is 4.79. The molecule has 0 unspecified atom stereocenters. The molecule has 0 fully saturated rings. The Bertz CT molecular complexity index is 949. The third kappa shape index (κ3) is 5.67. The van der Waals surface area contributed by atoms with Gasteiger partial charge in [-0.3, -0.25) is 0 Å². The fourth-order valence-corrected chi connectivity index (χ4v) is 2.91. The molecule has 0 bridgehead atoms. The van der Waals surface area contributed by atoms with Gasteiger partial charge in [-0.15, -0.1) is 0 Å². The van der Waals surface area contributed by atoms with E-state index in [4.69, 9.17) is 9.47 Å². The van der Waals surface area contributed by atoms with Gasteiger partial charge in [0.25, 0.3) is 0 Å². The van der Waals surface area contributed by atoms with E-state index in [9.17, 15) is 10.2 Å². The fourth-order valence-electron chi connectivity index (χ4n) is 2.91. The summed E-state index contributed by atoms with van der Waals surface area (Å²) in [5.74, 6) is 1.27. The first-order valence-electron chi connectivity index (χ1n) is 9.97. The molecule has 0 aliphatic carbocycles. The van der Waals surface area contributed by atoms with Gasteiger partial charge in [0, 0.05) is 0 Å². The maximum atomic E-state index is 9.80. The zero-order valence-corrected chi connectivity index (χ0v) is 17.2. The molecule has 4 heteroatoms. The average molecular weight is 402 g/mol. The molecule has 3 aromatic carbocycles. The van der Waals surface area contributed by atoms with Gasteiger partial charge in [0.2, 0.25) is 0 Å². The number of benzene rings is 3. The van der Waals surface area contributed by atoms with Crippen molar-refractivity contribution in [2.24, 2.45) is 0 Å². The summed E-state index contributed by atoms with van der Waals surface area (Å²) in [4.78, 5) is 0. The SMILES string of the molecule is CCOc1cc(/C=C/c2ccc(/C=C/c3ccc(O)c(OCC)c3)cc2)ccc1O. The zero-order valence-electron chi connectivity index (χ0n) is 17.2. The van der Waals surface area contributed by atoms with Crippen LogP contribution in [-0.2, 0) is 0 Å². The Morgan fingerprint density at radius 3 is 1.27 bits per heavy atom. The summed E-state index contributed by atoms with van der Waals surface area (Å²) in [6.07, 6.45) is 8.00. The van der Waals surface area contributed by atoms with Crippen LogP contribution in [0.5, 0.6) is 23.0 Å². The second-order valence-corrected chi connectivity index (χ2v) is 6.65. The van der Waals surface area contributed by atoms with E-state index in [1.165, 1.54) is 0 Å². The highest BCUT2D eigenvalue weighted by Crippen LogP contribution is 2.28. The van der Waals surface area contributed by atoms with Crippen LogP contribution in [0.4, 0.5) is 0 Å². The number of aromatic hydroxyl groups is 2. The van der Waals surface area contributed by atoms with Gasteiger partial charge in [0.15, 0.2) is 23.0 Å². The van der Waals surface area contributed by atoms with Gasteiger partial charge in [-0.05, 0) is 60.4 Å². The standard InChI is InChI=1S/C26H26O4/c1-3-29-25-17-21(13-15-23(25)27)11-9-19-5-7-20(8-6-19)10-12-22-14-16-24(28)26(18-22)30-4-2/h5-18,27-28H,3-4H2,1-2H3/b11-9+,12-10+. The lowest BCUT2D eigenvalue weighted by atomic mass is 10.1. The molecule has 2 N–H and O–H groups in total. The summed E-state index contributed by atoms with van der Waals surface area (Å²) in [6, 6.07) is 18.8. The molecule has 0 spiro atoms. The van der Waals surface area contributed by atoms with E-state index in [1.807, 2.05) is 86.7 Å². The predicted octanol–water partition coefficient (Wildman–Crippen LogP) is 6.24. The van der Waals surface area contributed by atoms with Crippen LogP contribution in [0.1, 0.15) is 36.1 Å². The molecule has 0 aliphatic rings. The first kappa shape index (κ1) is 21.1. The Balaban J connectivity index is 1.68. The van der Waals surface area contributed by atoms with Crippen LogP contribution in [0.2, 0.25) is 0 Å². The first-order chi connectivity index (χ1) is 14.6. The second-order valence-electron chi connectivity index (χ2n) is 6.65. The number of rotatable bonds is 8. The van der Waals surface area contributed by atoms with Crippen LogP contribution in [0, 0.1) is 0 Å². The van der Waals surface area contributed by atoms with Gasteiger partial charge in [0.05, 0.1) is 13.2 Å². The van der Waals surface area contributed by atoms with E-state index in [-0.39, 0.29) is 11.5 Å². The maximum Gasteiger partial charge on any atom is 0.161 e. The molecule has 0 saturated heterocycles. The van der Waals surface area contributed by atoms with Crippen molar-refractivity contribution in [3.05, 3.63) is 82.9 Å². The van der Waals surface area contributed by atoms with Gasteiger partial charge < -0.3 is 19.7 Å². The molecule has 0 aromatic heterocycles. The van der Waals surface area contributed by atoms with Crippen LogP contribution >= 0.6 is 0 Å². The molecule has 154 valence electrons. The number of ether oxygens (including phenoxy) is 2. The molecule has 0 atom stereocenters. The van der Waals surface area contributed by atoms with Crippen molar-refractivity contribution in [3.8, 4) is 23.0 Å². The first-order valence-corrected chi connectivity index (χ1v) is 9.97. The quantitative estimate of drug-likeness (QED) is 0.438. The van der Waals surface area contributed by atoms with Gasteiger partial charge in [-0.25, -0.2) is 0 Å². The third-order valence-corrected chi connectivity index (χ3v) is 4.44. The molecule has 0 saturated carbocycles. The third-order valence-electron chi connectivity index (χ3n) is 4.44. The van der Waals surface area contributed by atoms with E-state index < -0.39 is 0 Å². The highest BCUT2D eigenvalue weighted by Gasteiger charge is 2.02. The summed E-state index contributed by atoms with van der Waals surface area (Å²) in [5.41, 5.74) is 4.05. The van der Waals surface area contributed by atoms with E-state index in [0.717, 1.165) is 22.3 Å². The fraction of sp³-hybridized carbons (Fsp3) is 0.154. The monoisotopic (exact) mass is 402 g/mol. The largest absolute Gasteiger partial charge is 0.504 e. The highest BCUT2D eigenvalue weighted by molar-refractivity contribution is 5.74. The lowest BCUT2D eigenvalue weighted by Crippen LogP contribution is -1.91. The van der Waals surface area contributed by atoms with Crippen LogP contribution in [0.3, 0.4) is 0 Å². The number of hydrogen-bond acceptors (Lipinski definition) is 4. The van der Waals surface area contributed by atoms with Crippen LogP contribution in [-0.4, -0.2) is 23.4 Å². The summed E-state index contributed by atoms with van der Waals surface area (Å²) < 4.78 is 10.8. The lowest BCUT2D eigenvalue weighted by Gasteiger charge is -2.06. The molecule has 4 nitrogen and oxygen atoms in total. The molecule has 3 rings (SSSR count). The van der Waals surface area contributed by atoms with Crippen LogP contribution < -0.4 is 9.47 Å². The normalized spacial score (nSPS) is 11.3. The van der Waals surface area contributed by atoms with E-state index >= 15 is 0 Å². The lowest BCUT2D eigenvalue weighted by molar-refractivity contribution is 0.318. The minimum absolute atomic E-state index is 0.146. The minimum Gasteiger partial charge on any atom is -0.504 e. The minimum atomic E-state index is 0.146. The topological polar surface area (TPSA) is 58.9 Å². The molecule has 0 amide bonds. The predicted molar refractivity (Wildman–Crippen MR) is 123 cm³/mol. The smallest absolute Gasteiger partial charge is 0.161 e. The molecule has 3 aromatic rings. The summed E-state index contributed by atoms with van der Waals surface area (Å²) in [7, 11) is 0. The van der Waals surface area contributed by atoms with E-state index in [1.54, 1.807) is 12.1 Å². The summed E-state index contributed by atoms with van der Waals surface area (Å²) >= 11 is 0. The van der Waals surface area contributed by atoms with Crippen molar-refractivity contribution in [1.29, 1.82) is 0 Å². The van der Waals surface area contributed by atoms with Crippen molar-refractivity contribution >= 4 is 24.3 Å². The van der Waals surface area contributed by atoms with E-state index in [0.29, 0.717) is 24.7 Å². The van der Waals surface area contributed by atoms with Gasteiger partial charge in [-0.2, -0.15) is 0 Å². The molecule has 30 heavy (non-hydrogen) atoms. The average Bonchev–Trinajstić information content (AvgIpc) is 2.76. The Hall–Kier alpha value is -3.66. The highest BCUT2D eigenvalue weighted by atomic mass is 16.5. The Kier molecular flexibility index (Phi) is 7.17. The van der Waals surface area contributed by atoms with Crippen LogP contribution in [0.15, 0.2) is 60.7 Å². The molecule has 0 heterocycles. The van der Waals surface area contributed by atoms with Crippen molar-refractivity contribution in [3.63, 3.8) is 0 Å². The van der Waals surface area contributed by atoms with Crippen LogP contribution in [0.25, 0.3) is 24.3 Å². The Morgan fingerprint density at radius 1 is 0.567 bits per heavy atom.